The van der Waals surface area contributed by atoms with Crippen molar-refractivity contribution in [3.63, 3.8) is 0 Å². The first-order valence-corrected chi connectivity index (χ1v) is 12.7. The van der Waals surface area contributed by atoms with E-state index in [0.717, 1.165) is 48.1 Å². The van der Waals surface area contributed by atoms with Crippen LogP contribution in [0, 0.1) is 5.92 Å². The van der Waals surface area contributed by atoms with Gasteiger partial charge >= 0.3 is 0 Å². The van der Waals surface area contributed by atoms with E-state index in [-0.39, 0.29) is 17.6 Å². The monoisotopic (exact) mass is 480 g/mol. The number of aliphatic hydroxyl groups is 1. The molecular formula is C32H36N2O2. The second-order valence-electron chi connectivity index (χ2n) is 9.82. The predicted octanol–water partition coefficient (Wildman–Crippen LogP) is 7.62. The van der Waals surface area contributed by atoms with Crippen molar-refractivity contribution in [2.45, 2.75) is 38.6 Å². The van der Waals surface area contributed by atoms with E-state index in [1.165, 1.54) is 17.7 Å². The molecule has 1 saturated carbocycles. The zero-order valence-electron chi connectivity index (χ0n) is 21.4. The zero-order valence-corrected chi connectivity index (χ0v) is 21.4. The first-order chi connectivity index (χ1) is 17.4. The minimum absolute atomic E-state index is 0.00647. The quantitative estimate of drug-likeness (QED) is 0.266. The molecule has 0 aliphatic heterocycles. The molecule has 4 nitrogen and oxygen atoms in total. The highest BCUT2D eigenvalue weighted by molar-refractivity contribution is 5.95. The standard InChI is InChI=1S/C32H36N2O2/c1-24(35)12-13-25-8-7-11-31(22-25)34(32(36)29-9-5-4-6-10-29)23-26-14-16-27(17-15-26)28-18-20-30(21-19-28)33(2)3/h7-8,11-22,29,35H,1,4-6,9-10,23H2,2-3H3/b13-12+. The van der Waals surface area contributed by atoms with Crippen molar-refractivity contribution in [3.8, 4) is 11.1 Å². The normalized spacial score (nSPS) is 14.1. The first kappa shape index (κ1) is 25.3. The largest absolute Gasteiger partial charge is 0.509 e. The van der Waals surface area contributed by atoms with Crippen LogP contribution in [0.15, 0.2) is 91.2 Å². The van der Waals surface area contributed by atoms with Gasteiger partial charge in [0.25, 0.3) is 0 Å². The molecule has 1 fully saturated rings. The van der Waals surface area contributed by atoms with Crippen LogP contribution in [0.5, 0.6) is 0 Å². The molecule has 0 bridgehead atoms. The van der Waals surface area contributed by atoms with Crippen LogP contribution in [0.3, 0.4) is 0 Å². The molecule has 3 aromatic carbocycles. The molecule has 186 valence electrons. The SMILES string of the molecule is C=C(O)/C=C/c1cccc(N(Cc2ccc(-c3ccc(N(C)C)cc3)cc2)C(=O)C2CCCCC2)c1. The molecule has 0 saturated heterocycles. The first-order valence-electron chi connectivity index (χ1n) is 12.7. The van der Waals surface area contributed by atoms with E-state index >= 15 is 0 Å². The van der Waals surface area contributed by atoms with Crippen molar-refractivity contribution in [2.24, 2.45) is 5.92 Å². The third-order valence-corrected chi connectivity index (χ3v) is 6.88. The molecule has 3 aromatic rings. The Morgan fingerprint density at radius 2 is 1.56 bits per heavy atom. The number of carbonyl (C=O) groups excluding carboxylic acids is 1. The van der Waals surface area contributed by atoms with Crippen LogP contribution in [-0.2, 0) is 11.3 Å². The van der Waals surface area contributed by atoms with E-state index in [1.54, 1.807) is 6.08 Å². The number of hydrogen-bond acceptors (Lipinski definition) is 3. The van der Waals surface area contributed by atoms with Crippen molar-refractivity contribution < 1.29 is 9.90 Å². The smallest absolute Gasteiger partial charge is 0.230 e. The van der Waals surface area contributed by atoms with Crippen LogP contribution in [-0.4, -0.2) is 25.1 Å². The number of benzene rings is 3. The maximum absolute atomic E-state index is 13.7. The summed E-state index contributed by atoms with van der Waals surface area (Å²) in [5, 5.41) is 9.44. The summed E-state index contributed by atoms with van der Waals surface area (Å²) < 4.78 is 0. The van der Waals surface area contributed by atoms with E-state index in [2.05, 4.69) is 60.0 Å². The van der Waals surface area contributed by atoms with Crippen LogP contribution >= 0.6 is 0 Å². The molecule has 1 amide bonds. The summed E-state index contributed by atoms with van der Waals surface area (Å²) in [5.41, 5.74) is 6.39. The van der Waals surface area contributed by atoms with Crippen LogP contribution in [0.4, 0.5) is 11.4 Å². The zero-order chi connectivity index (χ0) is 25.5. The average Bonchev–Trinajstić information content (AvgIpc) is 2.91. The number of carbonyl (C=O) groups is 1. The average molecular weight is 481 g/mol. The van der Waals surface area contributed by atoms with Gasteiger partial charge in [-0.2, -0.15) is 0 Å². The molecule has 36 heavy (non-hydrogen) atoms. The fourth-order valence-corrected chi connectivity index (χ4v) is 4.79. The van der Waals surface area contributed by atoms with Crippen LogP contribution in [0.2, 0.25) is 0 Å². The highest BCUT2D eigenvalue weighted by Gasteiger charge is 2.27. The maximum Gasteiger partial charge on any atom is 0.230 e. The topological polar surface area (TPSA) is 43.8 Å². The van der Waals surface area contributed by atoms with Crippen LogP contribution in [0.25, 0.3) is 17.2 Å². The molecule has 1 N–H and O–H groups in total. The van der Waals surface area contributed by atoms with Gasteiger partial charge in [0.15, 0.2) is 0 Å². The van der Waals surface area contributed by atoms with E-state index in [0.29, 0.717) is 6.54 Å². The van der Waals surface area contributed by atoms with Crippen molar-refractivity contribution in [3.05, 3.63) is 102 Å². The Hall–Kier alpha value is -3.79. The molecule has 0 spiro atoms. The lowest BCUT2D eigenvalue weighted by Crippen LogP contribution is -2.36. The number of aliphatic hydroxyl groups excluding tert-OH is 1. The van der Waals surface area contributed by atoms with Gasteiger partial charge in [-0.15, -0.1) is 0 Å². The van der Waals surface area contributed by atoms with Gasteiger partial charge in [0, 0.05) is 31.4 Å². The minimum atomic E-state index is 0.00647. The minimum Gasteiger partial charge on any atom is -0.509 e. The maximum atomic E-state index is 13.7. The second-order valence-corrected chi connectivity index (χ2v) is 9.82. The van der Waals surface area contributed by atoms with Gasteiger partial charge in [-0.1, -0.05) is 80.4 Å². The third kappa shape index (κ3) is 6.45. The van der Waals surface area contributed by atoms with E-state index < -0.39 is 0 Å². The highest BCUT2D eigenvalue weighted by atomic mass is 16.3. The number of anilines is 2. The van der Waals surface area contributed by atoms with Gasteiger partial charge in [0.1, 0.15) is 5.76 Å². The fourth-order valence-electron chi connectivity index (χ4n) is 4.79. The predicted molar refractivity (Wildman–Crippen MR) is 151 cm³/mol. The second kappa shape index (κ2) is 11.8. The number of allylic oxidation sites excluding steroid dienone is 1. The number of amides is 1. The van der Waals surface area contributed by atoms with E-state index in [4.69, 9.17) is 0 Å². The molecule has 0 radical (unpaired) electrons. The van der Waals surface area contributed by atoms with Gasteiger partial charge in [-0.3, -0.25) is 4.79 Å². The summed E-state index contributed by atoms with van der Waals surface area (Å²) in [5.74, 6) is 0.280. The Labute approximate surface area is 215 Å². The number of nitrogens with zero attached hydrogens (tertiary/aromatic N) is 2. The van der Waals surface area contributed by atoms with Crippen molar-refractivity contribution in [1.82, 2.24) is 0 Å². The fraction of sp³-hybridized carbons (Fsp3) is 0.281. The van der Waals surface area contributed by atoms with E-state index in [9.17, 15) is 9.90 Å². The molecule has 0 heterocycles. The lowest BCUT2D eigenvalue weighted by Gasteiger charge is -2.30. The summed E-state index contributed by atoms with van der Waals surface area (Å²) in [7, 11) is 4.08. The molecule has 1 aliphatic carbocycles. The van der Waals surface area contributed by atoms with Crippen molar-refractivity contribution in [2.75, 3.05) is 23.9 Å². The molecule has 4 rings (SSSR count). The molecule has 0 unspecified atom stereocenters. The van der Waals surface area contributed by atoms with Crippen LogP contribution < -0.4 is 9.80 Å². The number of rotatable bonds is 8. The number of hydrogen-bond donors (Lipinski definition) is 1. The van der Waals surface area contributed by atoms with Gasteiger partial charge in [-0.05, 0) is 65.4 Å². The van der Waals surface area contributed by atoms with E-state index in [1.807, 2.05) is 49.3 Å². The third-order valence-electron chi connectivity index (χ3n) is 6.88. The Morgan fingerprint density at radius 1 is 0.917 bits per heavy atom. The Morgan fingerprint density at radius 3 is 2.17 bits per heavy atom. The Kier molecular flexibility index (Phi) is 8.27. The van der Waals surface area contributed by atoms with Gasteiger partial charge in [-0.25, -0.2) is 0 Å². The molecular weight excluding hydrogens is 444 g/mol. The molecule has 0 aromatic heterocycles. The van der Waals surface area contributed by atoms with Gasteiger partial charge < -0.3 is 14.9 Å². The van der Waals surface area contributed by atoms with Crippen molar-refractivity contribution >= 4 is 23.4 Å². The molecule has 0 atom stereocenters. The summed E-state index contributed by atoms with van der Waals surface area (Å²) in [4.78, 5) is 17.7. The lowest BCUT2D eigenvalue weighted by atomic mass is 9.88. The summed E-state index contributed by atoms with van der Waals surface area (Å²) in [6.45, 7) is 4.04. The van der Waals surface area contributed by atoms with Crippen LogP contribution in [0.1, 0.15) is 43.2 Å². The summed E-state index contributed by atoms with van der Waals surface area (Å²) in [6, 6.07) is 25.0. The van der Waals surface area contributed by atoms with Gasteiger partial charge in [0.05, 0.1) is 6.54 Å². The Balaban J connectivity index is 1.58. The summed E-state index contributed by atoms with van der Waals surface area (Å²) >= 11 is 0. The Bertz CT molecular complexity index is 1200. The van der Waals surface area contributed by atoms with Crippen molar-refractivity contribution in [1.29, 1.82) is 0 Å². The van der Waals surface area contributed by atoms with Gasteiger partial charge in [0.2, 0.25) is 5.91 Å². The highest BCUT2D eigenvalue weighted by Crippen LogP contribution is 2.30. The molecule has 4 heteroatoms. The molecule has 1 aliphatic rings. The summed E-state index contributed by atoms with van der Waals surface area (Å²) in [6.07, 6.45) is 8.75. The lowest BCUT2D eigenvalue weighted by molar-refractivity contribution is -0.123.